The molecule has 0 radical (unpaired) electrons. The molecule has 56 valence electrons. The zero-order valence-electron chi connectivity index (χ0n) is 5.72. The molecule has 0 unspecified atom stereocenters. The van der Waals surface area contributed by atoms with Crippen LogP contribution >= 0.6 is 0 Å². The van der Waals surface area contributed by atoms with Crippen LogP contribution in [0.1, 0.15) is 13.0 Å². The summed E-state index contributed by atoms with van der Waals surface area (Å²) in [6.07, 6.45) is 0. The van der Waals surface area contributed by atoms with Crippen LogP contribution in [0.15, 0.2) is 24.3 Å². The minimum Gasteiger partial charge on any atom is -0.496 e. The average molecular weight is 138 g/mol. The quantitative estimate of drug-likeness (QED) is 0.579. The van der Waals surface area contributed by atoms with E-state index in [2.05, 4.69) is 0 Å². The summed E-state index contributed by atoms with van der Waals surface area (Å²) in [6.45, 7) is 2.03. The third-order valence-corrected chi connectivity index (χ3v) is 1.31. The summed E-state index contributed by atoms with van der Waals surface area (Å²) in [5.74, 6) is 0.956. The normalized spacial score (nSPS) is 8.20. The third-order valence-electron chi connectivity index (χ3n) is 1.31. The second kappa shape index (κ2) is 3.94. The van der Waals surface area contributed by atoms with Gasteiger partial charge in [0.1, 0.15) is 5.75 Å². The minimum atomic E-state index is 0. The van der Waals surface area contributed by atoms with Crippen molar-refractivity contribution in [3.8, 4) is 5.75 Å². The van der Waals surface area contributed by atoms with Crippen LogP contribution in [0.25, 0.3) is 0 Å². The van der Waals surface area contributed by atoms with Crippen molar-refractivity contribution >= 4 is 0 Å². The van der Waals surface area contributed by atoms with Gasteiger partial charge in [0.05, 0.1) is 7.11 Å². The van der Waals surface area contributed by atoms with E-state index in [0.29, 0.717) is 0 Å². The van der Waals surface area contributed by atoms with Gasteiger partial charge in [-0.05, 0) is 18.6 Å². The number of aryl methyl sites for hydroxylation is 1. The van der Waals surface area contributed by atoms with E-state index >= 15 is 0 Å². The molecule has 1 nitrogen and oxygen atoms in total. The summed E-state index contributed by atoms with van der Waals surface area (Å²) in [5.41, 5.74) is 1.18. The maximum atomic E-state index is 5.04. The van der Waals surface area contributed by atoms with E-state index in [1.165, 1.54) is 5.56 Å². The molecule has 1 rings (SSSR count). The van der Waals surface area contributed by atoms with E-state index in [1.54, 1.807) is 7.11 Å². The average Bonchev–Trinajstić information content (AvgIpc) is 1.89. The number of ether oxygens (including phenoxy) is 1. The standard InChI is InChI=1S/C8H10O.CH4/c1-7-5-3-4-6-8(7)9-2;/h3-6H,1-2H3;1H4. The first-order valence-corrected chi connectivity index (χ1v) is 2.94. The number of methoxy groups -OCH3 is 1. The number of para-hydroxylation sites is 1. The zero-order valence-corrected chi connectivity index (χ0v) is 5.72. The summed E-state index contributed by atoms with van der Waals surface area (Å²) >= 11 is 0. The first-order chi connectivity index (χ1) is 4.34. The lowest BCUT2D eigenvalue weighted by Gasteiger charge is -2.00. The van der Waals surface area contributed by atoms with Crippen molar-refractivity contribution in [2.45, 2.75) is 14.4 Å². The van der Waals surface area contributed by atoms with Gasteiger partial charge in [0.2, 0.25) is 0 Å². The summed E-state index contributed by atoms with van der Waals surface area (Å²) in [6, 6.07) is 7.94. The largest absolute Gasteiger partial charge is 0.496 e. The molecule has 0 aromatic heterocycles. The molecule has 0 atom stereocenters. The second-order valence-electron chi connectivity index (χ2n) is 1.97. The van der Waals surface area contributed by atoms with Crippen molar-refractivity contribution in [2.75, 3.05) is 7.11 Å². The van der Waals surface area contributed by atoms with Gasteiger partial charge in [0.25, 0.3) is 0 Å². The first kappa shape index (κ1) is 9.02. The van der Waals surface area contributed by atoms with Gasteiger partial charge in [-0.3, -0.25) is 0 Å². The Balaban J connectivity index is 0.000000810. The Bertz CT molecular complexity index is 194. The Morgan fingerprint density at radius 2 is 1.80 bits per heavy atom. The number of rotatable bonds is 1. The third kappa shape index (κ3) is 1.76. The van der Waals surface area contributed by atoms with Crippen LogP contribution in [0.4, 0.5) is 0 Å². The van der Waals surface area contributed by atoms with Crippen LogP contribution < -0.4 is 4.74 Å². The molecule has 0 heterocycles. The van der Waals surface area contributed by atoms with E-state index in [-0.39, 0.29) is 7.43 Å². The topological polar surface area (TPSA) is 9.23 Å². The Morgan fingerprint density at radius 3 is 2.20 bits per heavy atom. The molecule has 0 fully saturated rings. The van der Waals surface area contributed by atoms with Crippen molar-refractivity contribution in [2.24, 2.45) is 0 Å². The highest BCUT2D eigenvalue weighted by Crippen LogP contribution is 2.14. The van der Waals surface area contributed by atoms with E-state index in [1.807, 2.05) is 31.2 Å². The van der Waals surface area contributed by atoms with E-state index in [0.717, 1.165) is 5.75 Å². The molecular weight excluding hydrogens is 124 g/mol. The monoisotopic (exact) mass is 138 g/mol. The molecule has 1 heteroatoms. The molecule has 0 saturated heterocycles. The Labute approximate surface area is 62.6 Å². The first-order valence-electron chi connectivity index (χ1n) is 2.94. The molecular formula is C9H14O. The molecule has 0 spiro atoms. The molecule has 0 aliphatic heterocycles. The van der Waals surface area contributed by atoms with Gasteiger partial charge in [-0.2, -0.15) is 0 Å². The fourth-order valence-corrected chi connectivity index (χ4v) is 0.785. The number of hydrogen-bond acceptors (Lipinski definition) is 1. The fraction of sp³-hybridized carbons (Fsp3) is 0.333. The van der Waals surface area contributed by atoms with Crippen molar-refractivity contribution in [1.82, 2.24) is 0 Å². The summed E-state index contributed by atoms with van der Waals surface area (Å²) in [7, 11) is 1.68. The van der Waals surface area contributed by atoms with Gasteiger partial charge < -0.3 is 4.74 Å². The lowest BCUT2D eigenvalue weighted by molar-refractivity contribution is 0.411. The SMILES string of the molecule is C.COc1ccccc1C. The number of benzene rings is 1. The van der Waals surface area contributed by atoms with Crippen LogP contribution in [0.5, 0.6) is 5.75 Å². The van der Waals surface area contributed by atoms with Crippen molar-refractivity contribution < 1.29 is 4.74 Å². The van der Waals surface area contributed by atoms with Crippen LogP contribution in [-0.4, -0.2) is 7.11 Å². The Morgan fingerprint density at radius 1 is 1.20 bits per heavy atom. The van der Waals surface area contributed by atoms with Crippen molar-refractivity contribution in [3.63, 3.8) is 0 Å². The lowest BCUT2D eigenvalue weighted by atomic mass is 10.2. The van der Waals surface area contributed by atoms with Gasteiger partial charge in [-0.1, -0.05) is 25.6 Å². The van der Waals surface area contributed by atoms with Crippen LogP contribution in [0.2, 0.25) is 0 Å². The number of hydrogen-bond donors (Lipinski definition) is 0. The molecule has 0 amide bonds. The van der Waals surface area contributed by atoms with E-state index in [4.69, 9.17) is 4.74 Å². The second-order valence-corrected chi connectivity index (χ2v) is 1.97. The highest BCUT2D eigenvalue weighted by atomic mass is 16.5. The summed E-state index contributed by atoms with van der Waals surface area (Å²) in [5, 5.41) is 0. The zero-order chi connectivity index (χ0) is 6.69. The molecule has 0 saturated carbocycles. The van der Waals surface area contributed by atoms with Gasteiger partial charge in [-0.25, -0.2) is 0 Å². The Kier molecular flexibility index (Phi) is 3.55. The highest BCUT2D eigenvalue weighted by Gasteiger charge is 1.90. The Hall–Kier alpha value is -0.980. The van der Waals surface area contributed by atoms with Crippen LogP contribution in [0, 0.1) is 6.92 Å². The fourth-order valence-electron chi connectivity index (χ4n) is 0.785. The van der Waals surface area contributed by atoms with Crippen molar-refractivity contribution in [3.05, 3.63) is 29.8 Å². The molecule has 10 heavy (non-hydrogen) atoms. The van der Waals surface area contributed by atoms with Crippen LogP contribution in [-0.2, 0) is 0 Å². The molecule has 0 N–H and O–H groups in total. The smallest absolute Gasteiger partial charge is 0.121 e. The van der Waals surface area contributed by atoms with Gasteiger partial charge >= 0.3 is 0 Å². The molecule has 0 aliphatic rings. The molecule has 1 aromatic carbocycles. The molecule has 1 aromatic rings. The molecule has 0 aliphatic carbocycles. The highest BCUT2D eigenvalue weighted by molar-refractivity contribution is 5.31. The summed E-state index contributed by atoms with van der Waals surface area (Å²) in [4.78, 5) is 0. The van der Waals surface area contributed by atoms with E-state index in [9.17, 15) is 0 Å². The molecule has 0 bridgehead atoms. The van der Waals surface area contributed by atoms with E-state index < -0.39 is 0 Å². The van der Waals surface area contributed by atoms with Crippen molar-refractivity contribution in [1.29, 1.82) is 0 Å². The predicted octanol–water partition coefficient (Wildman–Crippen LogP) is 2.64. The predicted molar refractivity (Wildman–Crippen MR) is 44.5 cm³/mol. The maximum Gasteiger partial charge on any atom is 0.121 e. The van der Waals surface area contributed by atoms with Gasteiger partial charge in [-0.15, -0.1) is 0 Å². The van der Waals surface area contributed by atoms with Crippen LogP contribution in [0.3, 0.4) is 0 Å². The lowest BCUT2D eigenvalue weighted by Crippen LogP contribution is -1.84. The van der Waals surface area contributed by atoms with Gasteiger partial charge in [0, 0.05) is 0 Å². The maximum absolute atomic E-state index is 5.04. The minimum absolute atomic E-state index is 0. The van der Waals surface area contributed by atoms with Gasteiger partial charge in [0.15, 0.2) is 0 Å². The summed E-state index contributed by atoms with van der Waals surface area (Å²) < 4.78 is 5.04.